The minimum absolute atomic E-state index is 0.0782. The zero-order valence-electron chi connectivity index (χ0n) is 14.2. The highest BCUT2D eigenvalue weighted by molar-refractivity contribution is 5.83. The van der Waals surface area contributed by atoms with Crippen molar-refractivity contribution >= 4 is 11.6 Å². The summed E-state index contributed by atoms with van der Waals surface area (Å²) >= 11 is 0. The van der Waals surface area contributed by atoms with Crippen LogP contribution in [0, 0.1) is 0 Å². The molecule has 2 aromatic rings. The lowest BCUT2D eigenvalue weighted by molar-refractivity contribution is -0.133. The van der Waals surface area contributed by atoms with Crippen LogP contribution in [0.5, 0.6) is 0 Å². The van der Waals surface area contributed by atoms with E-state index in [1.54, 1.807) is 6.07 Å². The van der Waals surface area contributed by atoms with Gasteiger partial charge in [-0.2, -0.15) is 10.6 Å². The number of aromatic amines is 1. The molecule has 2 fully saturated rings. The third-order valence-electron chi connectivity index (χ3n) is 4.71. The van der Waals surface area contributed by atoms with Crippen LogP contribution >= 0.6 is 0 Å². The fourth-order valence-corrected chi connectivity index (χ4v) is 3.32. The Morgan fingerprint density at radius 1 is 1.12 bits per heavy atom. The summed E-state index contributed by atoms with van der Waals surface area (Å²) in [5.41, 5.74) is 10.8. The molecule has 1 atom stereocenters. The van der Waals surface area contributed by atoms with Gasteiger partial charge in [0.25, 0.3) is 5.56 Å². The van der Waals surface area contributed by atoms with Crippen molar-refractivity contribution in [1.82, 2.24) is 31.5 Å². The van der Waals surface area contributed by atoms with Crippen molar-refractivity contribution in [3.8, 4) is 11.3 Å². The largest absolute Gasteiger partial charge is 0.366 e. The fraction of sp³-hybridized carbons (Fsp3) is 0.353. The molecule has 1 unspecified atom stereocenters. The standard InChI is InChI=1S/C17H21N7O2/c25-15-10-14(16(21-20-15)12-4-2-1-3-5-12)23-6-8-24(9-7-23)17(26)13-11-18-22-19-13/h1-5,10,13,18-19,22H,6-9,11H2,(H,20,25). The zero-order chi connectivity index (χ0) is 17.9. The molecule has 1 amide bonds. The molecule has 0 aliphatic carbocycles. The number of anilines is 1. The Labute approximate surface area is 150 Å². The monoisotopic (exact) mass is 355 g/mol. The van der Waals surface area contributed by atoms with Crippen LogP contribution in [-0.2, 0) is 4.79 Å². The molecule has 0 saturated carbocycles. The van der Waals surface area contributed by atoms with E-state index >= 15 is 0 Å². The van der Waals surface area contributed by atoms with E-state index in [1.165, 1.54) is 0 Å². The number of hydrogen-bond acceptors (Lipinski definition) is 7. The number of carbonyl (C=O) groups is 1. The van der Waals surface area contributed by atoms with E-state index in [4.69, 9.17) is 0 Å². The number of nitrogens with one attached hydrogen (secondary N) is 4. The molecule has 2 saturated heterocycles. The summed E-state index contributed by atoms with van der Waals surface area (Å²) in [7, 11) is 0. The van der Waals surface area contributed by atoms with Gasteiger partial charge >= 0.3 is 0 Å². The third-order valence-corrected chi connectivity index (χ3v) is 4.71. The molecule has 9 heteroatoms. The highest BCUT2D eigenvalue weighted by Crippen LogP contribution is 2.27. The van der Waals surface area contributed by atoms with Gasteiger partial charge in [0.2, 0.25) is 5.91 Å². The van der Waals surface area contributed by atoms with Crippen LogP contribution in [0.15, 0.2) is 41.2 Å². The first kappa shape index (κ1) is 16.7. The van der Waals surface area contributed by atoms with Gasteiger partial charge in [-0.15, -0.1) is 0 Å². The number of hydrogen-bond donors (Lipinski definition) is 4. The van der Waals surface area contributed by atoms with Crippen molar-refractivity contribution in [1.29, 1.82) is 0 Å². The molecule has 3 heterocycles. The van der Waals surface area contributed by atoms with Crippen molar-refractivity contribution in [3.63, 3.8) is 0 Å². The molecule has 4 rings (SSSR count). The van der Waals surface area contributed by atoms with E-state index in [9.17, 15) is 9.59 Å². The van der Waals surface area contributed by atoms with Crippen molar-refractivity contribution in [2.75, 3.05) is 37.6 Å². The van der Waals surface area contributed by atoms with Gasteiger partial charge in [0.1, 0.15) is 11.7 Å². The lowest BCUT2D eigenvalue weighted by Gasteiger charge is -2.37. The Morgan fingerprint density at radius 2 is 1.88 bits per heavy atom. The van der Waals surface area contributed by atoms with Crippen LogP contribution in [0.1, 0.15) is 0 Å². The minimum Gasteiger partial charge on any atom is -0.366 e. The van der Waals surface area contributed by atoms with Gasteiger partial charge in [0.15, 0.2) is 0 Å². The second kappa shape index (κ2) is 7.24. The van der Waals surface area contributed by atoms with Crippen molar-refractivity contribution in [3.05, 3.63) is 46.8 Å². The van der Waals surface area contributed by atoms with Crippen molar-refractivity contribution in [2.24, 2.45) is 0 Å². The minimum atomic E-state index is -0.248. The van der Waals surface area contributed by atoms with E-state index in [0.29, 0.717) is 32.7 Å². The smallest absolute Gasteiger partial charge is 0.266 e. The van der Waals surface area contributed by atoms with Crippen molar-refractivity contribution < 1.29 is 4.79 Å². The first-order chi connectivity index (χ1) is 12.7. The molecule has 26 heavy (non-hydrogen) atoms. The number of rotatable bonds is 3. The van der Waals surface area contributed by atoms with Crippen LogP contribution in [-0.4, -0.2) is 59.8 Å². The maximum Gasteiger partial charge on any atom is 0.266 e. The van der Waals surface area contributed by atoms with E-state index in [0.717, 1.165) is 16.9 Å². The number of aromatic nitrogens is 2. The van der Waals surface area contributed by atoms with Crippen LogP contribution in [0.25, 0.3) is 11.3 Å². The summed E-state index contributed by atoms with van der Waals surface area (Å²) in [6.45, 7) is 3.10. The molecule has 0 bridgehead atoms. The fourth-order valence-electron chi connectivity index (χ4n) is 3.32. The van der Waals surface area contributed by atoms with Crippen molar-refractivity contribution in [2.45, 2.75) is 6.04 Å². The Hall–Kier alpha value is -2.75. The van der Waals surface area contributed by atoms with Gasteiger partial charge in [-0.1, -0.05) is 30.3 Å². The summed E-state index contributed by atoms with van der Waals surface area (Å²) in [6, 6.07) is 11.1. The van der Waals surface area contributed by atoms with Crippen LogP contribution < -0.4 is 26.8 Å². The number of piperazine rings is 1. The van der Waals surface area contributed by atoms with Gasteiger partial charge < -0.3 is 9.80 Å². The molecular weight excluding hydrogens is 334 g/mol. The Bertz CT molecular complexity index is 825. The molecule has 136 valence electrons. The molecule has 0 spiro atoms. The molecule has 2 aliphatic rings. The lowest BCUT2D eigenvalue weighted by atomic mass is 10.1. The zero-order valence-corrected chi connectivity index (χ0v) is 14.2. The highest BCUT2D eigenvalue weighted by atomic mass is 16.2. The molecule has 1 aromatic heterocycles. The lowest BCUT2D eigenvalue weighted by Crippen LogP contribution is -2.54. The number of H-pyrrole nitrogens is 1. The third kappa shape index (κ3) is 3.32. The highest BCUT2D eigenvalue weighted by Gasteiger charge is 2.30. The molecule has 0 radical (unpaired) electrons. The predicted octanol–water partition coefficient (Wildman–Crippen LogP) is -0.933. The summed E-state index contributed by atoms with van der Waals surface area (Å²) in [5.74, 6) is 0.0782. The topological polar surface area (TPSA) is 105 Å². The van der Waals surface area contributed by atoms with E-state index in [1.807, 2.05) is 35.2 Å². The molecular formula is C17H21N7O2. The SMILES string of the molecule is O=C(C1CNNN1)N1CCN(c2cc(=O)[nH]nc2-c2ccccc2)CC1. The van der Waals surface area contributed by atoms with E-state index < -0.39 is 0 Å². The number of amides is 1. The van der Waals surface area contributed by atoms with Gasteiger partial charge in [-0.25, -0.2) is 16.0 Å². The van der Waals surface area contributed by atoms with Gasteiger partial charge in [-0.05, 0) is 0 Å². The van der Waals surface area contributed by atoms with Gasteiger partial charge in [0, 0.05) is 44.4 Å². The van der Waals surface area contributed by atoms with Crippen LogP contribution in [0.2, 0.25) is 0 Å². The molecule has 2 aliphatic heterocycles. The Balaban J connectivity index is 1.52. The number of carbonyl (C=O) groups excluding carboxylic acids is 1. The number of hydrazine groups is 2. The number of benzene rings is 1. The molecule has 4 N–H and O–H groups in total. The molecule has 9 nitrogen and oxygen atoms in total. The second-order valence-electron chi connectivity index (χ2n) is 6.35. The summed E-state index contributed by atoms with van der Waals surface area (Å²) < 4.78 is 0. The average Bonchev–Trinajstić information content (AvgIpc) is 3.23. The van der Waals surface area contributed by atoms with Crippen LogP contribution in [0.4, 0.5) is 5.69 Å². The Kier molecular flexibility index (Phi) is 4.65. The summed E-state index contributed by atoms with van der Waals surface area (Å²) in [5, 5.41) is 6.78. The summed E-state index contributed by atoms with van der Waals surface area (Å²) in [6.07, 6.45) is 0. The number of nitrogens with zero attached hydrogens (tertiary/aromatic N) is 3. The maximum atomic E-state index is 12.5. The van der Waals surface area contributed by atoms with E-state index in [-0.39, 0.29) is 17.5 Å². The normalized spacial score (nSPS) is 20.4. The maximum absolute atomic E-state index is 12.5. The first-order valence-corrected chi connectivity index (χ1v) is 8.64. The average molecular weight is 355 g/mol. The predicted molar refractivity (Wildman–Crippen MR) is 97.1 cm³/mol. The second-order valence-corrected chi connectivity index (χ2v) is 6.35. The van der Waals surface area contributed by atoms with Crippen LogP contribution in [0.3, 0.4) is 0 Å². The van der Waals surface area contributed by atoms with Gasteiger partial charge in [0.05, 0.1) is 5.69 Å². The Morgan fingerprint density at radius 3 is 2.58 bits per heavy atom. The quantitative estimate of drug-likeness (QED) is 0.564. The van der Waals surface area contributed by atoms with Gasteiger partial charge in [-0.3, -0.25) is 9.59 Å². The molecule has 1 aromatic carbocycles. The van der Waals surface area contributed by atoms with E-state index in [2.05, 4.69) is 31.5 Å². The summed E-state index contributed by atoms with van der Waals surface area (Å²) in [4.78, 5) is 28.3. The first-order valence-electron chi connectivity index (χ1n) is 8.64.